The van der Waals surface area contributed by atoms with Crippen LogP contribution < -0.4 is 14.8 Å². The largest absolute Gasteiger partial charge is 0.496 e. The van der Waals surface area contributed by atoms with Crippen LogP contribution >= 0.6 is 0 Å². The van der Waals surface area contributed by atoms with E-state index < -0.39 is 0 Å². The Bertz CT molecular complexity index is 1120. The molecule has 1 aliphatic heterocycles. The lowest BCUT2D eigenvalue weighted by Gasteiger charge is -2.40. The second-order valence-corrected chi connectivity index (χ2v) is 10.8. The van der Waals surface area contributed by atoms with Crippen LogP contribution in [0.1, 0.15) is 86.8 Å². The lowest BCUT2D eigenvalue weighted by molar-refractivity contribution is 0.0579. The van der Waals surface area contributed by atoms with Gasteiger partial charge in [0.2, 0.25) is 0 Å². The van der Waals surface area contributed by atoms with E-state index in [2.05, 4.69) is 50.4 Å². The number of carbonyl (C=O) groups is 1. The molecule has 1 aliphatic carbocycles. The number of benzene rings is 2. The predicted molar refractivity (Wildman–Crippen MR) is 162 cm³/mol. The number of carbonyl (C=O) groups excluding carboxylic acids is 1. The van der Waals surface area contributed by atoms with Crippen molar-refractivity contribution in [3.05, 3.63) is 70.4 Å². The second kappa shape index (κ2) is 14.4. The number of nitrogens with one attached hydrogen (secondary N) is 1. The Kier molecular flexibility index (Phi) is 11.3. The Morgan fingerprint density at radius 2 is 1.72 bits per heavy atom. The number of methoxy groups -OCH3 is 2. The number of hydrogen-bond acceptors (Lipinski definition) is 4. The van der Waals surface area contributed by atoms with Crippen molar-refractivity contribution in [2.75, 3.05) is 33.9 Å². The number of piperidine rings is 1. The zero-order chi connectivity index (χ0) is 28.4. The fraction of sp³-hybridized carbons (Fsp3) is 0.559. The van der Waals surface area contributed by atoms with Gasteiger partial charge in [0.05, 0.1) is 19.8 Å². The molecule has 1 spiro atoms. The van der Waals surface area contributed by atoms with E-state index in [0.29, 0.717) is 22.6 Å². The summed E-state index contributed by atoms with van der Waals surface area (Å²) in [6.07, 6.45) is 10.0. The minimum absolute atomic E-state index is 0.111. The molecule has 39 heavy (non-hydrogen) atoms. The number of nitrogens with zero attached hydrogens (tertiary/aromatic N) is 1. The molecule has 4 rings (SSSR count). The van der Waals surface area contributed by atoms with Crippen molar-refractivity contribution >= 4 is 5.91 Å². The van der Waals surface area contributed by atoms with Gasteiger partial charge in [0.25, 0.3) is 5.91 Å². The highest BCUT2D eigenvalue weighted by atomic mass is 16.5. The summed E-state index contributed by atoms with van der Waals surface area (Å²) in [6.45, 7) is 12.9. The van der Waals surface area contributed by atoms with Crippen LogP contribution in [0.2, 0.25) is 0 Å². The first-order valence-corrected chi connectivity index (χ1v) is 14.9. The molecule has 0 radical (unpaired) electrons. The van der Waals surface area contributed by atoms with Crippen molar-refractivity contribution in [3.8, 4) is 11.5 Å². The molecule has 2 fully saturated rings. The van der Waals surface area contributed by atoms with Gasteiger partial charge >= 0.3 is 0 Å². The van der Waals surface area contributed by atoms with Crippen molar-refractivity contribution < 1.29 is 14.3 Å². The molecule has 1 saturated carbocycles. The smallest absolute Gasteiger partial charge is 0.257 e. The van der Waals surface area contributed by atoms with Gasteiger partial charge in [0.1, 0.15) is 11.5 Å². The first-order chi connectivity index (χ1) is 18.9. The van der Waals surface area contributed by atoms with Crippen LogP contribution in [0.4, 0.5) is 0 Å². The van der Waals surface area contributed by atoms with Crippen molar-refractivity contribution in [3.63, 3.8) is 0 Å². The molecule has 1 atom stereocenters. The van der Waals surface area contributed by atoms with Gasteiger partial charge < -0.3 is 19.7 Å². The molecular formula is C34H50N2O3. The van der Waals surface area contributed by atoms with Crippen molar-refractivity contribution in [2.45, 2.75) is 79.6 Å². The topological polar surface area (TPSA) is 50.8 Å². The molecule has 5 nitrogen and oxygen atoms in total. The molecule has 2 aromatic rings. The van der Waals surface area contributed by atoms with Gasteiger partial charge in [-0.3, -0.25) is 4.79 Å². The Morgan fingerprint density at radius 1 is 1.03 bits per heavy atom. The van der Waals surface area contributed by atoms with Crippen molar-refractivity contribution in [1.82, 2.24) is 10.2 Å². The number of rotatable bonds is 9. The zero-order valence-corrected chi connectivity index (χ0v) is 25.4. The third-order valence-corrected chi connectivity index (χ3v) is 8.68. The number of amides is 1. The molecule has 2 aromatic carbocycles. The van der Waals surface area contributed by atoms with Crippen LogP contribution in [-0.2, 0) is 12.8 Å². The standard InChI is InChI=1S/C32H44N2O3.C2H6/c1-6-24-10-11-29(36-4)27(20-24)31(35)34-18-15-32(16-19-34)14-12-26(22-32)28(7-2)33-17-13-25-9-8-23(3)30(21-25)37-5;1-2/h7-11,20-21,26,33H,6,12-19,22H2,1-5H3;1-2H3. The Balaban J connectivity index is 0.00000205. The first-order valence-electron chi connectivity index (χ1n) is 14.9. The van der Waals surface area contributed by atoms with Crippen LogP contribution in [0.5, 0.6) is 11.5 Å². The van der Waals surface area contributed by atoms with E-state index in [4.69, 9.17) is 9.47 Å². The van der Waals surface area contributed by atoms with Crippen LogP contribution in [0.3, 0.4) is 0 Å². The average molecular weight is 535 g/mol. The normalized spacial score (nSPS) is 18.4. The fourth-order valence-corrected chi connectivity index (χ4v) is 6.28. The summed E-state index contributed by atoms with van der Waals surface area (Å²) in [5.74, 6) is 2.33. The summed E-state index contributed by atoms with van der Waals surface area (Å²) < 4.78 is 11.0. The van der Waals surface area contributed by atoms with Gasteiger partial charge in [0.15, 0.2) is 0 Å². The van der Waals surface area contributed by atoms with Crippen LogP contribution in [-0.4, -0.2) is 44.7 Å². The summed E-state index contributed by atoms with van der Waals surface area (Å²) in [6, 6.07) is 12.5. The maximum atomic E-state index is 13.4. The lowest BCUT2D eigenvalue weighted by Crippen LogP contribution is -2.42. The van der Waals surface area contributed by atoms with Gasteiger partial charge in [-0.15, -0.1) is 0 Å². The molecule has 1 N–H and O–H groups in total. The lowest BCUT2D eigenvalue weighted by atomic mass is 9.76. The Morgan fingerprint density at radius 3 is 2.36 bits per heavy atom. The van der Waals surface area contributed by atoms with Gasteiger partial charge in [-0.2, -0.15) is 0 Å². The summed E-state index contributed by atoms with van der Waals surface area (Å²) >= 11 is 0. The number of hydrogen-bond donors (Lipinski definition) is 1. The molecule has 1 saturated heterocycles. The summed E-state index contributed by atoms with van der Waals surface area (Å²) in [5.41, 5.74) is 6.09. The molecule has 0 aromatic heterocycles. The first kappa shape index (κ1) is 30.6. The SMILES string of the molecule is CC.CC=C(NCCc1ccc(C)c(OC)c1)C1CCC2(CCN(C(=O)c3cc(CC)ccc3OC)CC2)C1. The van der Waals surface area contributed by atoms with Gasteiger partial charge in [-0.05, 0) is 105 Å². The quantitative estimate of drug-likeness (QED) is 0.365. The minimum Gasteiger partial charge on any atom is -0.496 e. The Labute approximate surface area is 237 Å². The molecule has 1 amide bonds. The predicted octanol–water partition coefficient (Wildman–Crippen LogP) is 7.36. The maximum absolute atomic E-state index is 13.4. The molecular weight excluding hydrogens is 484 g/mol. The summed E-state index contributed by atoms with van der Waals surface area (Å²) in [5, 5.41) is 3.75. The zero-order valence-electron chi connectivity index (χ0n) is 25.4. The Hall–Kier alpha value is -2.95. The van der Waals surface area contributed by atoms with Gasteiger partial charge in [-0.25, -0.2) is 0 Å². The number of likely N-dealkylation sites (tertiary alicyclic amines) is 1. The minimum atomic E-state index is 0.111. The average Bonchev–Trinajstić information content (AvgIpc) is 3.39. The molecule has 2 aliphatic rings. The summed E-state index contributed by atoms with van der Waals surface area (Å²) in [7, 11) is 3.38. The maximum Gasteiger partial charge on any atom is 0.257 e. The highest BCUT2D eigenvalue weighted by molar-refractivity contribution is 5.97. The molecule has 1 heterocycles. The van der Waals surface area contributed by atoms with E-state index in [1.165, 1.54) is 41.6 Å². The third-order valence-electron chi connectivity index (χ3n) is 8.68. The molecule has 5 heteroatoms. The van der Waals surface area contributed by atoms with E-state index >= 15 is 0 Å². The van der Waals surface area contributed by atoms with Crippen LogP contribution in [0.25, 0.3) is 0 Å². The van der Waals surface area contributed by atoms with E-state index in [-0.39, 0.29) is 5.91 Å². The number of ether oxygens (including phenoxy) is 2. The molecule has 214 valence electrons. The fourth-order valence-electron chi connectivity index (χ4n) is 6.28. The monoisotopic (exact) mass is 534 g/mol. The van der Waals surface area contributed by atoms with Crippen LogP contribution in [0.15, 0.2) is 48.2 Å². The third kappa shape index (κ3) is 7.38. The van der Waals surface area contributed by atoms with Gasteiger partial charge in [-0.1, -0.05) is 45.0 Å². The second-order valence-electron chi connectivity index (χ2n) is 10.8. The van der Waals surface area contributed by atoms with Crippen molar-refractivity contribution in [2.24, 2.45) is 11.3 Å². The van der Waals surface area contributed by atoms with Crippen molar-refractivity contribution in [1.29, 1.82) is 0 Å². The van der Waals surface area contributed by atoms with E-state index in [0.717, 1.165) is 51.1 Å². The highest BCUT2D eigenvalue weighted by Gasteiger charge is 2.43. The highest BCUT2D eigenvalue weighted by Crippen LogP contribution is 2.50. The summed E-state index contributed by atoms with van der Waals surface area (Å²) in [4.78, 5) is 15.4. The molecule has 0 bridgehead atoms. The van der Waals surface area contributed by atoms with E-state index in [9.17, 15) is 4.79 Å². The van der Waals surface area contributed by atoms with Gasteiger partial charge in [0, 0.05) is 25.3 Å². The van der Waals surface area contributed by atoms with Crippen LogP contribution in [0, 0.1) is 18.3 Å². The molecule has 1 unspecified atom stereocenters. The number of aryl methyl sites for hydroxylation is 2. The van der Waals surface area contributed by atoms with E-state index in [1.54, 1.807) is 14.2 Å². The van der Waals surface area contributed by atoms with E-state index in [1.807, 2.05) is 36.9 Å². The number of allylic oxidation sites excluding steroid dienone is 2.